The maximum atomic E-state index is 13.7. The first-order valence-electron chi connectivity index (χ1n) is 10.7. The van der Waals surface area contributed by atoms with Gasteiger partial charge in [-0.05, 0) is 46.8 Å². The number of phenolic OH excluding ortho intramolecular Hbond substituents is 1. The maximum Gasteiger partial charge on any atom is 0.419 e. The summed E-state index contributed by atoms with van der Waals surface area (Å²) in [4.78, 5) is 28.7. The van der Waals surface area contributed by atoms with Gasteiger partial charge >= 0.3 is 6.09 Å². The molecule has 3 aromatic rings. The van der Waals surface area contributed by atoms with Gasteiger partial charge in [-0.2, -0.15) is 0 Å². The third-order valence-corrected chi connectivity index (χ3v) is 5.19. The van der Waals surface area contributed by atoms with E-state index in [1.165, 1.54) is 11.7 Å². The molecule has 0 saturated heterocycles. The Balaban J connectivity index is 2.45. The van der Waals surface area contributed by atoms with Crippen LogP contribution in [0.5, 0.6) is 11.5 Å². The van der Waals surface area contributed by atoms with Gasteiger partial charge in [0, 0.05) is 29.6 Å². The molecule has 0 spiro atoms. The molecule has 32 heavy (non-hydrogen) atoms. The van der Waals surface area contributed by atoms with Crippen LogP contribution in [0.3, 0.4) is 0 Å². The number of fused-ring (bicyclic) bond motifs is 1. The first kappa shape index (κ1) is 23.2. The zero-order valence-electron chi connectivity index (χ0n) is 19.4. The molecule has 1 heterocycles. The van der Waals surface area contributed by atoms with E-state index in [1.807, 2.05) is 26.0 Å². The van der Waals surface area contributed by atoms with E-state index in [-0.39, 0.29) is 23.1 Å². The SMILES string of the molecule is CCN(CC)C(=O)c1c(-c2cccc(OC)c2O)c2ccccc2n1C(=O)OC(C)(C)C. The number of benzene rings is 2. The minimum Gasteiger partial charge on any atom is -0.504 e. The van der Waals surface area contributed by atoms with Crippen molar-refractivity contribution in [3.8, 4) is 22.6 Å². The number of methoxy groups -OCH3 is 1. The molecule has 170 valence electrons. The standard InChI is InChI=1S/C25H30N2O5/c1-7-26(8-2)23(29)21-20(17-13-11-15-19(31-6)22(17)28)16-12-9-10-14-18(16)27(21)24(30)32-25(3,4)5/h9-15,28H,7-8H2,1-6H3. The van der Waals surface area contributed by atoms with Crippen molar-refractivity contribution in [3.63, 3.8) is 0 Å². The summed E-state index contributed by atoms with van der Waals surface area (Å²) in [5.74, 6) is -0.150. The summed E-state index contributed by atoms with van der Waals surface area (Å²) in [7, 11) is 1.46. The highest BCUT2D eigenvalue weighted by Gasteiger charge is 2.32. The van der Waals surface area contributed by atoms with Crippen LogP contribution in [0, 0.1) is 0 Å². The fourth-order valence-corrected chi connectivity index (χ4v) is 3.76. The molecule has 0 radical (unpaired) electrons. The Morgan fingerprint density at radius 2 is 1.69 bits per heavy atom. The molecule has 0 aliphatic carbocycles. The Morgan fingerprint density at radius 3 is 2.28 bits per heavy atom. The zero-order chi connectivity index (χ0) is 23.6. The topological polar surface area (TPSA) is 81.0 Å². The molecule has 2 aromatic carbocycles. The van der Waals surface area contributed by atoms with Gasteiger partial charge in [0.2, 0.25) is 0 Å². The van der Waals surface area contributed by atoms with Crippen molar-refractivity contribution < 1.29 is 24.2 Å². The maximum absolute atomic E-state index is 13.7. The van der Waals surface area contributed by atoms with Gasteiger partial charge in [-0.1, -0.05) is 30.3 Å². The molecular weight excluding hydrogens is 408 g/mol. The van der Waals surface area contributed by atoms with Crippen molar-refractivity contribution >= 4 is 22.9 Å². The minimum absolute atomic E-state index is 0.101. The van der Waals surface area contributed by atoms with Gasteiger partial charge in [0.25, 0.3) is 5.91 Å². The van der Waals surface area contributed by atoms with Crippen LogP contribution >= 0.6 is 0 Å². The van der Waals surface area contributed by atoms with E-state index in [9.17, 15) is 14.7 Å². The molecule has 1 aromatic heterocycles. The zero-order valence-corrected chi connectivity index (χ0v) is 19.4. The van der Waals surface area contributed by atoms with E-state index in [0.29, 0.717) is 35.1 Å². The Hall–Kier alpha value is -3.48. The number of amides is 1. The van der Waals surface area contributed by atoms with Crippen LogP contribution in [0.2, 0.25) is 0 Å². The summed E-state index contributed by atoms with van der Waals surface area (Å²) >= 11 is 0. The molecule has 7 nitrogen and oxygen atoms in total. The highest BCUT2D eigenvalue weighted by molar-refractivity contribution is 6.14. The molecule has 1 amide bonds. The summed E-state index contributed by atoms with van der Waals surface area (Å²) < 4.78 is 12.3. The van der Waals surface area contributed by atoms with Crippen molar-refractivity contribution in [1.82, 2.24) is 9.47 Å². The van der Waals surface area contributed by atoms with E-state index in [4.69, 9.17) is 9.47 Å². The lowest BCUT2D eigenvalue weighted by Crippen LogP contribution is -2.35. The number of carbonyl (C=O) groups excluding carboxylic acids is 2. The number of rotatable bonds is 5. The molecule has 0 aliphatic rings. The third kappa shape index (κ3) is 4.15. The lowest BCUT2D eigenvalue weighted by atomic mass is 9.99. The van der Waals surface area contributed by atoms with E-state index in [2.05, 4.69) is 0 Å². The van der Waals surface area contributed by atoms with Crippen LogP contribution in [-0.4, -0.2) is 52.4 Å². The highest BCUT2D eigenvalue weighted by atomic mass is 16.6. The number of nitrogens with zero attached hydrogens (tertiary/aromatic N) is 2. The molecule has 1 N–H and O–H groups in total. The molecule has 0 saturated carbocycles. The largest absolute Gasteiger partial charge is 0.504 e. The molecule has 0 atom stereocenters. The van der Waals surface area contributed by atoms with Gasteiger partial charge in [-0.3, -0.25) is 4.79 Å². The number of hydrogen-bond donors (Lipinski definition) is 1. The Morgan fingerprint density at radius 1 is 1.03 bits per heavy atom. The van der Waals surface area contributed by atoms with E-state index < -0.39 is 11.7 Å². The van der Waals surface area contributed by atoms with Gasteiger partial charge in [-0.15, -0.1) is 0 Å². The molecule has 0 unspecified atom stereocenters. The Kier molecular flexibility index (Phi) is 6.48. The lowest BCUT2D eigenvalue weighted by molar-refractivity contribution is 0.0524. The van der Waals surface area contributed by atoms with Crippen LogP contribution in [0.25, 0.3) is 22.0 Å². The molecule has 7 heteroatoms. The fourth-order valence-electron chi connectivity index (χ4n) is 3.76. The average Bonchev–Trinajstić information content (AvgIpc) is 3.08. The molecule has 0 bridgehead atoms. The van der Waals surface area contributed by atoms with Crippen molar-refractivity contribution in [3.05, 3.63) is 48.2 Å². The number of hydrogen-bond acceptors (Lipinski definition) is 5. The van der Waals surface area contributed by atoms with Crippen LogP contribution in [0.4, 0.5) is 4.79 Å². The Labute approximate surface area is 188 Å². The van der Waals surface area contributed by atoms with Crippen molar-refractivity contribution in [2.75, 3.05) is 20.2 Å². The number of para-hydroxylation sites is 2. The number of ether oxygens (including phenoxy) is 2. The van der Waals surface area contributed by atoms with Crippen molar-refractivity contribution in [2.24, 2.45) is 0 Å². The normalized spacial score (nSPS) is 11.4. The summed E-state index contributed by atoms with van der Waals surface area (Å²) in [5, 5.41) is 11.6. The van der Waals surface area contributed by atoms with E-state index >= 15 is 0 Å². The van der Waals surface area contributed by atoms with Gasteiger partial charge in [0.15, 0.2) is 11.5 Å². The molecule has 0 aliphatic heterocycles. The molecular formula is C25H30N2O5. The van der Waals surface area contributed by atoms with Crippen LogP contribution < -0.4 is 4.74 Å². The second-order valence-electron chi connectivity index (χ2n) is 8.39. The van der Waals surface area contributed by atoms with Gasteiger partial charge in [0.1, 0.15) is 11.3 Å². The lowest BCUT2D eigenvalue weighted by Gasteiger charge is -2.23. The Bertz CT molecular complexity index is 1150. The van der Waals surface area contributed by atoms with Crippen molar-refractivity contribution in [1.29, 1.82) is 0 Å². The second kappa shape index (κ2) is 8.94. The van der Waals surface area contributed by atoms with E-state index in [0.717, 1.165) is 0 Å². The van der Waals surface area contributed by atoms with E-state index in [1.54, 1.807) is 56.0 Å². The summed E-state index contributed by atoms with van der Waals surface area (Å²) in [5.41, 5.74) is 0.774. The monoisotopic (exact) mass is 438 g/mol. The number of aromatic nitrogens is 1. The fraction of sp³-hybridized carbons (Fsp3) is 0.360. The molecule has 0 fully saturated rings. The molecule has 3 rings (SSSR count). The highest BCUT2D eigenvalue weighted by Crippen LogP contribution is 2.43. The van der Waals surface area contributed by atoms with Crippen LogP contribution in [0.15, 0.2) is 42.5 Å². The van der Waals surface area contributed by atoms with Gasteiger partial charge in [0.05, 0.1) is 12.6 Å². The van der Waals surface area contributed by atoms with Crippen LogP contribution in [-0.2, 0) is 4.74 Å². The third-order valence-electron chi connectivity index (χ3n) is 5.19. The first-order valence-corrected chi connectivity index (χ1v) is 10.7. The predicted molar refractivity (Wildman–Crippen MR) is 124 cm³/mol. The minimum atomic E-state index is -0.754. The smallest absolute Gasteiger partial charge is 0.419 e. The van der Waals surface area contributed by atoms with Gasteiger partial charge < -0.3 is 19.5 Å². The number of carbonyl (C=O) groups is 2. The number of aromatic hydroxyl groups is 1. The predicted octanol–water partition coefficient (Wildman–Crippen LogP) is 5.29. The van der Waals surface area contributed by atoms with Crippen LogP contribution in [0.1, 0.15) is 45.1 Å². The summed E-state index contributed by atoms with van der Waals surface area (Å²) in [6, 6.07) is 12.3. The quantitative estimate of drug-likeness (QED) is 0.586. The average molecular weight is 439 g/mol. The van der Waals surface area contributed by atoms with Gasteiger partial charge in [-0.25, -0.2) is 9.36 Å². The summed E-state index contributed by atoms with van der Waals surface area (Å²) in [6.45, 7) is 10.0. The number of phenols is 1. The first-order chi connectivity index (χ1) is 15.1. The second-order valence-corrected chi connectivity index (χ2v) is 8.39. The van der Waals surface area contributed by atoms with Crippen molar-refractivity contribution in [2.45, 2.75) is 40.2 Å². The summed E-state index contributed by atoms with van der Waals surface area (Å²) in [6.07, 6.45) is -0.655.